The minimum atomic E-state index is -0.252. The molecule has 2 atom stereocenters. The first kappa shape index (κ1) is 14.2. The molecular formula is C15H18ClFN2S. The van der Waals surface area contributed by atoms with Crippen LogP contribution in [0.2, 0.25) is 0 Å². The highest BCUT2D eigenvalue weighted by Gasteiger charge is 2.31. The average molecular weight is 313 g/mol. The summed E-state index contributed by atoms with van der Waals surface area (Å²) in [5.41, 5.74) is 1.67. The lowest BCUT2D eigenvalue weighted by molar-refractivity contribution is 0.505. The van der Waals surface area contributed by atoms with Gasteiger partial charge in [0, 0.05) is 17.4 Å². The number of aromatic nitrogens is 2. The van der Waals surface area contributed by atoms with Crippen molar-refractivity contribution in [3.8, 4) is 0 Å². The standard InChI is InChI=1S/C15H18ClFN2S/c1-10(16)14-18-12-8-11(17)4-5-13(12)19(14)9-15(2)6-3-7-20-15/h4-5,8,10H,3,6-7,9H2,1-2H3. The topological polar surface area (TPSA) is 17.8 Å². The minimum Gasteiger partial charge on any atom is -0.325 e. The Balaban J connectivity index is 2.09. The van der Waals surface area contributed by atoms with E-state index in [4.69, 9.17) is 11.6 Å². The Labute approximate surface area is 127 Å². The Morgan fingerprint density at radius 2 is 2.35 bits per heavy atom. The summed E-state index contributed by atoms with van der Waals surface area (Å²) in [6.45, 7) is 5.09. The zero-order chi connectivity index (χ0) is 14.3. The number of imidazole rings is 1. The van der Waals surface area contributed by atoms with Crippen LogP contribution in [0.5, 0.6) is 0 Å². The van der Waals surface area contributed by atoms with Crippen molar-refractivity contribution in [1.29, 1.82) is 0 Å². The first-order valence-corrected chi connectivity index (χ1v) is 8.34. The van der Waals surface area contributed by atoms with E-state index >= 15 is 0 Å². The zero-order valence-corrected chi connectivity index (χ0v) is 13.3. The number of hydrogen-bond acceptors (Lipinski definition) is 2. The summed E-state index contributed by atoms with van der Waals surface area (Å²) >= 11 is 8.28. The van der Waals surface area contributed by atoms with Gasteiger partial charge in [0.05, 0.1) is 16.4 Å². The number of nitrogens with zero attached hydrogens (tertiary/aromatic N) is 2. The van der Waals surface area contributed by atoms with Crippen LogP contribution >= 0.6 is 23.4 Å². The van der Waals surface area contributed by atoms with Crippen molar-refractivity contribution >= 4 is 34.4 Å². The highest BCUT2D eigenvalue weighted by atomic mass is 35.5. The monoisotopic (exact) mass is 312 g/mol. The Bertz CT molecular complexity index is 632. The minimum absolute atomic E-state index is 0.180. The van der Waals surface area contributed by atoms with Crippen molar-refractivity contribution in [3.05, 3.63) is 29.8 Å². The lowest BCUT2D eigenvalue weighted by Gasteiger charge is -2.25. The molecule has 1 fully saturated rings. The number of hydrogen-bond donors (Lipinski definition) is 0. The molecule has 1 aliphatic heterocycles. The molecule has 2 heterocycles. The van der Waals surface area contributed by atoms with Crippen molar-refractivity contribution in [2.45, 2.75) is 43.4 Å². The molecule has 1 saturated heterocycles. The van der Waals surface area contributed by atoms with Gasteiger partial charge in [-0.05, 0) is 44.6 Å². The second-order valence-electron chi connectivity index (χ2n) is 5.71. The van der Waals surface area contributed by atoms with E-state index in [1.165, 1.54) is 30.7 Å². The SMILES string of the molecule is CC(Cl)c1nc2cc(F)ccc2n1CC1(C)CCCS1. The van der Waals surface area contributed by atoms with Gasteiger partial charge in [-0.25, -0.2) is 9.37 Å². The molecule has 108 valence electrons. The normalized spacial score (nSPS) is 24.4. The van der Waals surface area contributed by atoms with Crippen LogP contribution in [0.3, 0.4) is 0 Å². The smallest absolute Gasteiger partial charge is 0.127 e. The van der Waals surface area contributed by atoms with Gasteiger partial charge in [-0.15, -0.1) is 11.6 Å². The average Bonchev–Trinajstić information content (AvgIpc) is 2.94. The molecule has 0 N–H and O–H groups in total. The van der Waals surface area contributed by atoms with Crippen molar-refractivity contribution < 1.29 is 4.39 Å². The fourth-order valence-corrected chi connectivity index (χ4v) is 4.34. The summed E-state index contributed by atoms with van der Waals surface area (Å²) in [7, 11) is 0. The van der Waals surface area contributed by atoms with E-state index in [9.17, 15) is 4.39 Å². The van der Waals surface area contributed by atoms with Gasteiger partial charge in [0.15, 0.2) is 0 Å². The molecule has 0 radical (unpaired) electrons. The van der Waals surface area contributed by atoms with Gasteiger partial charge in [0.25, 0.3) is 0 Å². The van der Waals surface area contributed by atoms with Crippen molar-refractivity contribution in [2.75, 3.05) is 5.75 Å². The molecule has 0 bridgehead atoms. The van der Waals surface area contributed by atoms with E-state index in [2.05, 4.69) is 16.5 Å². The van der Waals surface area contributed by atoms with Gasteiger partial charge in [-0.3, -0.25) is 0 Å². The van der Waals surface area contributed by atoms with Crippen molar-refractivity contribution in [2.24, 2.45) is 0 Å². The summed E-state index contributed by atoms with van der Waals surface area (Å²) in [4.78, 5) is 4.53. The number of fused-ring (bicyclic) bond motifs is 1. The van der Waals surface area contributed by atoms with Gasteiger partial charge >= 0.3 is 0 Å². The van der Waals surface area contributed by atoms with Gasteiger partial charge in [-0.2, -0.15) is 11.8 Å². The van der Waals surface area contributed by atoms with Crippen LogP contribution < -0.4 is 0 Å². The molecule has 2 nitrogen and oxygen atoms in total. The van der Waals surface area contributed by atoms with Gasteiger partial charge in [0.2, 0.25) is 0 Å². The second-order valence-corrected chi connectivity index (χ2v) is 8.04. The molecule has 1 aromatic carbocycles. The van der Waals surface area contributed by atoms with Gasteiger partial charge in [-0.1, -0.05) is 0 Å². The third-order valence-corrected chi connectivity index (χ3v) is 5.61. The van der Waals surface area contributed by atoms with E-state index in [1.54, 1.807) is 0 Å². The Morgan fingerprint density at radius 1 is 1.55 bits per heavy atom. The van der Waals surface area contributed by atoms with Crippen molar-refractivity contribution in [3.63, 3.8) is 0 Å². The van der Waals surface area contributed by atoms with Crippen LogP contribution in [0.15, 0.2) is 18.2 Å². The summed E-state index contributed by atoms with van der Waals surface area (Å²) < 4.78 is 15.8. The summed E-state index contributed by atoms with van der Waals surface area (Å²) in [5.74, 6) is 1.79. The third kappa shape index (κ3) is 2.56. The highest BCUT2D eigenvalue weighted by molar-refractivity contribution is 8.00. The van der Waals surface area contributed by atoms with Crippen LogP contribution in [-0.4, -0.2) is 20.1 Å². The summed E-state index contributed by atoms with van der Waals surface area (Å²) in [6, 6.07) is 4.79. The number of rotatable bonds is 3. The van der Waals surface area contributed by atoms with E-state index in [0.717, 1.165) is 17.9 Å². The second kappa shape index (κ2) is 5.23. The largest absolute Gasteiger partial charge is 0.325 e. The van der Waals surface area contributed by atoms with Crippen LogP contribution in [0, 0.1) is 5.82 Å². The van der Waals surface area contributed by atoms with Gasteiger partial charge in [0.1, 0.15) is 11.6 Å². The van der Waals surface area contributed by atoms with Crippen LogP contribution in [0.4, 0.5) is 4.39 Å². The van der Waals surface area contributed by atoms with E-state index in [0.29, 0.717) is 5.52 Å². The summed E-state index contributed by atoms with van der Waals surface area (Å²) in [5, 5.41) is -0.180. The number of alkyl halides is 1. The molecule has 20 heavy (non-hydrogen) atoms. The summed E-state index contributed by atoms with van der Waals surface area (Å²) in [6.07, 6.45) is 2.46. The maximum Gasteiger partial charge on any atom is 0.127 e. The first-order valence-electron chi connectivity index (χ1n) is 6.92. The van der Waals surface area contributed by atoms with E-state index < -0.39 is 0 Å². The van der Waals surface area contributed by atoms with E-state index in [-0.39, 0.29) is 15.9 Å². The Kier molecular flexibility index (Phi) is 3.71. The number of thioether (sulfide) groups is 1. The molecule has 0 spiro atoms. The molecule has 1 aliphatic rings. The molecule has 2 unspecified atom stereocenters. The van der Waals surface area contributed by atoms with Gasteiger partial charge < -0.3 is 4.57 Å². The molecule has 5 heteroatoms. The fraction of sp³-hybridized carbons (Fsp3) is 0.533. The third-order valence-electron chi connectivity index (χ3n) is 3.89. The number of halogens is 2. The zero-order valence-electron chi connectivity index (χ0n) is 11.7. The molecule has 0 amide bonds. The van der Waals surface area contributed by atoms with E-state index in [1.807, 2.05) is 24.8 Å². The molecule has 1 aromatic heterocycles. The van der Waals surface area contributed by atoms with Crippen molar-refractivity contribution in [1.82, 2.24) is 9.55 Å². The van der Waals surface area contributed by atoms with Crippen LogP contribution in [0.1, 0.15) is 37.9 Å². The Morgan fingerprint density at radius 3 is 3.00 bits per heavy atom. The predicted octanol–water partition coefficient (Wildman–Crippen LogP) is 4.76. The quantitative estimate of drug-likeness (QED) is 0.760. The lowest BCUT2D eigenvalue weighted by atomic mass is 10.1. The number of benzene rings is 1. The first-order chi connectivity index (χ1) is 9.48. The molecule has 2 aromatic rings. The maximum absolute atomic E-state index is 13.4. The molecule has 3 rings (SSSR count). The molecule has 0 aliphatic carbocycles. The predicted molar refractivity (Wildman–Crippen MR) is 84.1 cm³/mol. The fourth-order valence-electron chi connectivity index (χ4n) is 2.89. The molecular weight excluding hydrogens is 295 g/mol. The molecule has 0 saturated carbocycles. The van der Waals surface area contributed by atoms with Crippen LogP contribution in [-0.2, 0) is 6.54 Å². The van der Waals surface area contributed by atoms with Crippen LogP contribution in [0.25, 0.3) is 11.0 Å². The highest BCUT2D eigenvalue weighted by Crippen LogP contribution is 2.40. The Hall–Kier alpha value is -0.740. The lowest BCUT2D eigenvalue weighted by Crippen LogP contribution is -2.25. The maximum atomic E-state index is 13.4.